The minimum absolute atomic E-state index is 0.0872. The minimum Gasteiger partial charge on any atom is -0.448 e. The Morgan fingerprint density at radius 3 is 2.45 bits per heavy atom. The van der Waals surface area contributed by atoms with E-state index in [1.165, 1.54) is 0 Å². The molecule has 0 aromatic carbocycles. The summed E-state index contributed by atoms with van der Waals surface area (Å²) < 4.78 is 5.18. The summed E-state index contributed by atoms with van der Waals surface area (Å²) in [6.45, 7) is 6.34. The van der Waals surface area contributed by atoms with Crippen LogP contribution < -0.4 is 0 Å². The number of hydrogen-bond acceptors (Lipinski definition) is 2. The van der Waals surface area contributed by atoms with Crippen LogP contribution in [0, 0.1) is 0 Å². The topological polar surface area (TPSA) is 26.0 Å². The van der Waals surface area contributed by atoms with E-state index in [-0.39, 0.29) is 5.41 Å². The van der Waals surface area contributed by atoms with Gasteiger partial charge in [-0.05, 0) is 0 Å². The molecule has 0 saturated carbocycles. The Morgan fingerprint density at radius 1 is 1.55 bits per heavy atom. The number of hydrogen-bond donors (Lipinski definition) is 0. The van der Waals surface area contributed by atoms with Gasteiger partial charge in [0.15, 0.2) is 0 Å². The summed E-state index contributed by atoms with van der Waals surface area (Å²) in [5, 5.41) is 0.684. The second kappa shape index (κ2) is 2.97. The first kappa shape index (κ1) is 8.78. The molecule has 2 nitrogen and oxygen atoms in total. The van der Waals surface area contributed by atoms with Crippen molar-refractivity contribution in [3.63, 3.8) is 0 Å². The normalized spacial score (nSPS) is 12.0. The molecule has 0 spiro atoms. The van der Waals surface area contributed by atoms with E-state index < -0.39 is 0 Å². The van der Waals surface area contributed by atoms with Crippen molar-refractivity contribution in [2.45, 2.75) is 31.5 Å². The van der Waals surface area contributed by atoms with Gasteiger partial charge in [-0.2, -0.15) is 0 Å². The number of halogens is 1. The number of aromatic nitrogens is 1. The smallest absolute Gasteiger partial charge is 0.204 e. The zero-order chi connectivity index (χ0) is 8.48. The Bertz CT molecular complexity index is 236. The third-order valence-electron chi connectivity index (χ3n) is 1.43. The lowest BCUT2D eigenvalue weighted by molar-refractivity contribution is 0.511. The van der Waals surface area contributed by atoms with E-state index in [0.717, 1.165) is 11.6 Å². The number of alkyl halides is 1. The van der Waals surface area contributed by atoms with Crippen molar-refractivity contribution in [1.29, 1.82) is 0 Å². The van der Waals surface area contributed by atoms with Crippen molar-refractivity contribution in [2.24, 2.45) is 0 Å². The van der Waals surface area contributed by atoms with Crippen LogP contribution in [0.2, 0.25) is 0 Å². The van der Waals surface area contributed by atoms with Crippen LogP contribution in [-0.2, 0) is 10.7 Å². The summed E-state index contributed by atoms with van der Waals surface area (Å²) in [6.07, 6.45) is 1.72. The van der Waals surface area contributed by atoms with Gasteiger partial charge in [0.2, 0.25) is 5.89 Å². The molecule has 1 heterocycles. The van der Waals surface area contributed by atoms with Crippen molar-refractivity contribution in [3.05, 3.63) is 17.8 Å². The molecule has 62 valence electrons. The number of rotatable bonds is 1. The Balaban J connectivity index is 2.89. The molecule has 3 heteroatoms. The molecule has 0 radical (unpaired) electrons. The Hall–Kier alpha value is -0.310. The summed E-state index contributed by atoms with van der Waals surface area (Å²) in [7, 11) is 0. The standard InChI is InChI=1S/C8H12BrNO/c1-8(2,3)6-5-11-7(4-9)10-6/h5H,4H2,1-3H3. The predicted octanol–water partition coefficient (Wildman–Crippen LogP) is 2.87. The third-order valence-corrected chi connectivity index (χ3v) is 1.91. The summed E-state index contributed by atoms with van der Waals surface area (Å²) in [4.78, 5) is 4.29. The fraction of sp³-hybridized carbons (Fsp3) is 0.625. The Kier molecular flexibility index (Phi) is 2.37. The monoisotopic (exact) mass is 217 g/mol. The van der Waals surface area contributed by atoms with E-state index >= 15 is 0 Å². The van der Waals surface area contributed by atoms with Gasteiger partial charge in [-0.15, -0.1) is 0 Å². The molecule has 1 aromatic heterocycles. The first-order chi connectivity index (χ1) is 5.04. The maximum absolute atomic E-state index is 5.18. The average molecular weight is 218 g/mol. The predicted molar refractivity (Wildman–Crippen MR) is 47.8 cm³/mol. The zero-order valence-electron chi connectivity index (χ0n) is 7.02. The van der Waals surface area contributed by atoms with E-state index in [0.29, 0.717) is 5.33 Å². The molecule has 0 bridgehead atoms. The quantitative estimate of drug-likeness (QED) is 0.677. The summed E-state index contributed by atoms with van der Waals surface area (Å²) in [5.74, 6) is 0.745. The minimum atomic E-state index is 0.0872. The first-order valence-electron chi connectivity index (χ1n) is 3.55. The third kappa shape index (κ3) is 2.06. The highest BCUT2D eigenvalue weighted by atomic mass is 79.9. The van der Waals surface area contributed by atoms with Crippen LogP contribution in [0.1, 0.15) is 32.4 Å². The SMILES string of the molecule is CC(C)(C)c1coc(CBr)n1. The highest BCUT2D eigenvalue weighted by Gasteiger charge is 2.17. The van der Waals surface area contributed by atoms with Gasteiger partial charge in [-0.3, -0.25) is 0 Å². The van der Waals surface area contributed by atoms with E-state index in [2.05, 4.69) is 41.7 Å². The largest absolute Gasteiger partial charge is 0.448 e. The van der Waals surface area contributed by atoms with Crippen LogP contribution in [0.4, 0.5) is 0 Å². The Labute approximate surface area is 75.1 Å². The van der Waals surface area contributed by atoms with Gasteiger partial charge in [0, 0.05) is 5.41 Å². The molecular formula is C8H12BrNO. The second-order valence-electron chi connectivity index (χ2n) is 3.51. The fourth-order valence-electron chi connectivity index (χ4n) is 0.717. The van der Waals surface area contributed by atoms with Gasteiger partial charge in [0.1, 0.15) is 6.26 Å². The highest BCUT2D eigenvalue weighted by molar-refractivity contribution is 9.08. The van der Waals surface area contributed by atoms with E-state index in [9.17, 15) is 0 Å². The van der Waals surface area contributed by atoms with Crippen LogP contribution in [0.25, 0.3) is 0 Å². The average Bonchev–Trinajstić information content (AvgIpc) is 2.32. The molecule has 0 amide bonds. The maximum atomic E-state index is 5.18. The molecule has 0 aliphatic carbocycles. The van der Waals surface area contributed by atoms with Gasteiger partial charge in [0.25, 0.3) is 0 Å². The maximum Gasteiger partial charge on any atom is 0.204 e. The van der Waals surface area contributed by atoms with Crippen LogP contribution >= 0.6 is 15.9 Å². The molecule has 1 rings (SSSR count). The number of oxazole rings is 1. The lowest BCUT2D eigenvalue weighted by Crippen LogP contribution is -2.11. The van der Waals surface area contributed by atoms with Crippen LogP contribution in [-0.4, -0.2) is 4.98 Å². The van der Waals surface area contributed by atoms with Gasteiger partial charge >= 0.3 is 0 Å². The molecule has 0 N–H and O–H groups in total. The molecule has 0 aliphatic heterocycles. The molecule has 11 heavy (non-hydrogen) atoms. The van der Waals surface area contributed by atoms with Crippen molar-refractivity contribution >= 4 is 15.9 Å². The van der Waals surface area contributed by atoms with E-state index in [1.807, 2.05) is 0 Å². The second-order valence-corrected chi connectivity index (χ2v) is 4.07. The van der Waals surface area contributed by atoms with E-state index in [4.69, 9.17) is 4.42 Å². The van der Waals surface area contributed by atoms with Crippen molar-refractivity contribution in [2.75, 3.05) is 0 Å². The zero-order valence-corrected chi connectivity index (χ0v) is 8.60. The molecule has 0 atom stereocenters. The van der Waals surface area contributed by atoms with Crippen molar-refractivity contribution in [3.8, 4) is 0 Å². The van der Waals surface area contributed by atoms with Gasteiger partial charge in [0.05, 0.1) is 11.0 Å². The highest BCUT2D eigenvalue weighted by Crippen LogP contribution is 2.21. The fourth-order valence-corrected chi connectivity index (χ4v) is 0.974. The van der Waals surface area contributed by atoms with Gasteiger partial charge < -0.3 is 4.42 Å². The molecule has 0 unspecified atom stereocenters. The van der Waals surface area contributed by atoms with Gasteiger partial charge in [-0.25, -0.2) is 4.98 Å². The summed E-state index contributed by atoms with van der Waals surface area (Å²) >= 11 is 3.28. The number of nitrogens with zero attached hydrogens (tertiary/aromatic N) is 1. The van der Waals surface area contributed by atoms with Crippen LogP contribution in [0.5, 0.6) is 0 Å². The van der Waals surface area contributed by atoms with Crippen LogP contribution in [0.15, 0.2) is 10.7 Å². The first-order valence-corrected chi connectivity index (χ1v) is 4.67. The summed E-state index contributed by atoms with van der Waals surface area (Å²) in [6, 6.07) is 0. The molecular weight excluding hydrogens is 206 g/mol. The Morgan fingerprint density at radius 2 is 2.18 bits per heavy atom. The van der Waals surface area contributed by atoms with Crippen molar-refractivity contribution in [1.82, 2.24) is 4.98 Å². The van der Waals surface area contributed by atoms with Gasteiger partial charge in [-0.1, -0.05) is 36.7 Å². The lowest BCUT2D eigenvalue weighted by atomic mass is 9.93. The molecule has 0 aliphatic rings. The molecule has 0 fully saturated rings. The molecule has 1 aromatic rings. The summed E-state index contributed by atoms with van der Waals surface area (Å²) in [5.41, 5.74) is 1.09. The van der Waals surface area contributed by atoms with E-state index in [1.54, 1.807) is 6.26 Å². The molecule has 0 saturated heterocycles. The van der Waals surface area contributed by atoms with Crippen molar-refractivity contribution < 1.29 is 4.42 Å². The van der Waals surface area contributed by atoms with Crippen LogP contribution in [0.3, 0.4) is 0 Å². The lowest BCUT2D eigenvalue weighted by Gasteiger charge is -2.12.